The van der Waals surface area contributed by atoms with E-state index in [1.807, 2.05) is 0 Å². The number of hydrogen-bond donors (Lipinski definition) is 2. The summed E-state index contributed by atoms with van der Waals surface area (Å²) in [5, 5.41) is 12.5. The predicted molar refractivity (Wildman–Crippen MR) is 69.4 cm³/mol. The molecule has 0 aromatic heterocycles. The van der Waals surface area contributed by atoms with E-state index in [9.17, 15) is 9.90 Å². The molecule has 0 bridgehead atoms. The van der Waals surface area contributed by atoms with Crippen LogP contribution >= 0.6 is 35.6 Å². The summed E-state index contributed by atoms with van der Waals surface area (Å²) in [6, 6.07) is 4.78. The fourth-order valence-corrected chi connectivity index (χ4v) is 2.47. The molecule has 0 atom stereocenters. The highest BCUT2D eigenvalue weighted by Crippen LogP contribution is 2.32. The van der Waals surface area contributed by atoms with Crippen molar-refractivity contribution in [3.8, 4) is 5.75 Å². The molecular weight excluding hydrogens is 266 g/mol. The van der Waals surface area contributed by atoms with Crippen LogP contribution in [0.4, 0.5) is 0 Å². The van der Waals surface area contributed by atoms with E-state index in [4.69, 9.17) is 23.8 Å². The first-order valence-corrected chi connectivity index (χ1v) is 5.90. The minimum atomic E-state index is -0.269. The molecule has 3 nitrogen and oxygen atoms in total. The van der Waals surface area contributed by atoms with Gasteiger partial charge in [0.25, 0.3) is 5.91 Å². The Hall–Kier alpha value is -1.04. The lowest BCUT2D eigenvalue weighted by molar-refractivity contribution is -0.115. The Morgan fingerprint density at radius 1 is 1.50 bits per heavy atom. The van der Waals surface area contributed by atoms with E-state index in [0.717, 1.165) is 11.8 Å². The first-order valence-electron chi connectivity index (χ1n) is 4.30. The van der Waals surface area contributed by atoms with Gasteiger partial charge in [-0.05, 0) is 18.2 Å². The van der Waals surface area contributed by atoms with Crippen LogP contribution in [0.25, 0.3) is 6.08 Å². The van der Waals surface area contributed by atoms with Crippen molar-refractivity contribution >= 4 is 51.9 Å². The molecule has 0 spiro atoms. The average molecular weight is 272 g/mol. The van der Waals surface area contributed by atoms with Gasteiger partial charge in [0, 0.05) is 5.56 Å². The fourth-order valence-electron chi connectivity index (χ4n) is 1.22. The Morgan fingerprint density at radius 3 is 2.81 bits per heavy atom. The van der Waals surface area contributed by atoms with E-state index in [1.165, 1.54) is 12.1 Å². The molecule has 1 aromatic rings. The van der Waals surface area contributed by atoms with E-state index < -0.39 is 0 Å². The van der Waals surface area contributed by atoms with Gasteiger partial charge in [0.15, 0.2) is 0 Å². The molecule has 1 aliphatic heterocycles. The lowest BCUT2D eigenvalue weighted by Gasteiger charge is -2.01. The molecule has 0 aliphatic carbocycles. The molecule has 1 amide bonds. The lowest BCUT2D eigenvalue weighted by Crippen LogP contribution is -2.17. The monoisotopic (exact) mass is 271 g/mol. The molecule has 1 heterocycles. The summed E-state index contributed by atoms with van der Waals surface area (Å²) in [5.74, 6) is -0.236. The summed E-state index contributed by atoms with van der Waals surface area (Å²) in [4.78, 5) is 11.8. The van der Waals surface area contributed by atoms with Crippen LogP contribution in [-0.4, -0.2) is 15.3 Å². The third-order valence-corrected chi connectivity index (χ3v) is 3.44. The maximum absolute atomic E-state index is 11.4. The van der Waals surface area contributed by atoms with Gasteiger partial charge >= 0.3 is 0 Å². The smallest absolute Gasteiger partial charge is 0.263 e. The van der Waals surface area contributed by atoms with Crippen molar-refractivity contribution < 1.29 is 9.90 Å². The van der Waals surface area contributed by atoms with Crippen LogP contribution in [0.2, 0.25) is 5.02 Å². The third kappa shape index (κ3) is 2.21. The van der Waals surface area contributed by atoms with Crippen molar-refractivity contribution in [2.45, 2.75) is 0 Å². The summed E-state index contributed by atoms with van der Waals surface area (Å²) in [7, 11) is 0. The molecule has 0 unspecified atom stereocenters. The highest BCUT2D eigenvalue weighted by Gasteiger charge is 2.22. The highest BCUT2D eigenvalue weighted by molar-refractivity contribution is 8.26. The standard InChI is InChI=1S/C10H6ClNO2S2/c11-6-2-1-3-7(13)5(6)4-8-9(14)12-10(15)16-8/h1-4,13H,(H,12,14,15)/b8-4-. The number of hydrogen-bond acceptors (Lipinski definition) is 4. The second-order valence-electron chi connectivity index (χ2n) is 3.02. The van der Waals surface area contributed by atoms with E-state index in [1.54, 1.807) is 12.1 Å². The molecule has 2 rings (SSSR count). The number of carbonyl (C=O) groups is 1. The normalized spacial score (nSPS) is 17.9. The van der Waals surface area contributed by atoms with Crippen LogP contribution in [0.3, 0.4) is 0 Å². The SMILES string of the molecule is O=C1NC(=S)S/C1=C\c1c(O)cccc1Cl. The van der Waals surface area contributed by atoms with Crippen LogP contribution < -0.4 is 5.32 Å². The minimum Gasteiger partial charge on any atom is -0.507 e. The number of rotatable bonds is 1. The maximum Gasteiger partial charge on any atom is 0.263 e. The Balaban J connectivity index is 2.44. The molecule has 0 radical (unpaired) electrons. The molecule has 1 aliphatic rings. The molecule has 6 heteroatoms. The number of halogens is 1. The zero-order chi connectivity index (χ0) is 11.7. The summed E-state index contributed by atoms with van der Waals surface area (Å²) in [5.41, 5.74) is 0.423. The molecule has 1 fully saturated rings. The Labute approximate surface area is 106 Å². The van der Waals surface area contributed by atoms with Gasteiger partial charge in [-0.1, -0.05) is 41.6 Å². The zero-order valence-corrected chi connectivity index (χ0v) is 10.2. The summed E-state index contributed by atoms with van der Waals surface area (Å²) >= 11 is 11.9. The number of thioether (sulfide) groups is 1. The van der Waals surface area contributed by atoms with Crippen LogP contribution in [0.1, 0.15) is 5.56 Å². The largest absolute Gasteiger partial charge is 0.507 e. The van der Waals surface area contributed by atoms with Crippen LogP contribution in [-0.2, 0) is 4.79 Å². The van der Waals surface area contributed by atoms with Crippen molar-refractivity contribution in [1.29, 1.82) is 0 Å². The number of amides is 1. The summed E-state index contributed by atoms with van der Waals surface area (Å²) in [6.45, 7) is 0. The topological polar surface area (TPSA) is 49.3 Å². The van der Waals surface area contributed by atoms with Gasteiger partial charge in [-0.15, -0.1) is 0 Å². The molecule has 1 aromatic carbocycles. The third-order valence-electron chi connectivity index (χ3n) is 1.95. The second-order valence-corrected chi connectivity index (χ2v) is 5.15. The van der Waals surface area contributed by atoms with Crippen LogP contribution in [0.15, 0.2) is 23.1 Å². The Bertz CT molecular complexity index is 493. The van der Waals surface area contributed by atoms with E-state index >= 15 is 0 Å². The minimum absolute atomic E-state index is 0.0335. The van der Waals surface area contributed by atoms with E-state index in [0.29, 0.717) is 19.8 Å². The molecule has 2 N–H and O–H groups in total. The van der Waals surface area contributed by atoms with Crippen molar-refractivity contribution in [2.24, 2.45) is 0 Å². The lowest BCUT2D eigenvalue weighted by atomic mass is 10.2. The Kier molecular flexibility index (Phi) is 3.18. The quantitative estimate of drug-likeness (QED) is 0.609. The van der Waals surface area contributed by atoms with Crippen molar-refractivity contribution in [3.05, 3.63) is 33.7 Å². The number of carbonyl (C=O) groups excluding carboxylic acids is 1. The van der Waals surface area contributed by atoms with E-state index in [-0.39, 0.29) is 11.7 Å². The summed E-state index contributed by atoms with van der Waals surface area (Å²) in [6.07, 6.45) is 1.52. The van der Waals surface area contributed by atoms with Gasteiger partial charge in [-0.3, -0.25) is 4.79 Å². The molecule has 1 saturated heterocycles. The molecule has 16 heavy (non-hydrogen) atoms. The zero-order valence-electron chi connectivity index (χ0n) is 7.86. The first-order chi connectivity index (χ1) is 7.58. The van der Waals surface area contributed by atoms with E-state index in [2.05, 4.69) is 5.32 Å². The number of benzene rings is 1. The molecular formula is C10H6ClNO2S2. The predicted octanol–water partition coefficient (Wildman–Crippen LogP) is 2.53. The van der Waals surface area contributed by atoms with Crippen molar-refractivity contribution in [3.63, 3.8) is 0 Å². The van der Waals surface area contributed by atoms with Gasteiger partial charge in [0.05, 0.1) is 9.93 Å². The molecule has 82 valence electrons. The summed E-state index contributed by atoms with van der Waals surface area (Å²) < 4.78 is 0.405. The number of phenols is 1. The van der Waals surface area contributed by atoms with Gasteiger partial charge in [0.1, 0.15) is 10.1 Å². The maximum atomic E-state index is 11.4. The van der Waals surface area contributed by atoms with Gasteiger partial charge < -0.3 is 10.4 Å². The number of aromatic hydroxyl groups is 1. The molecule has 0 saturated carbocycles. The first kappa shape index (κ1) is 11.4. The van der Waals surface area contributed by atoms with Crippen molar-refractivity contribution in [2.75, 3.05) is 0 Å². The van der Waals surface area contributed by atoms with Crippen molar-refractivity contribution in [1.82, 2.24) is 5.32 Å². The Morgan fingerprint density at radius 2 is 2.25 bits per heavy atom. The van der Waals surface area contributed by atoms with Gasteiger partial charge in [0.2, 0.25) is 0 Å². The number of phenolic OH excluding ortho intramolecular Hbond substituents is 1. The fraction of sp³-hybridized carbons (Fsp3) is 0. The van der Waals surface area contributed by atoms with Crippen LogP contribution in [0, 0.1) is 0 Å². The number of thiocarbonyl (C=S) groups is 1. The number of nitrogens with one attached hydrogen (secondary N) is 1. The highest BCUT2D eigenvalue weighted by atomic mass is 35.5. The van der Waals surface area contributed by atoms with Gasteiger partial charge in [-0.25, -0.2) is 0 Å². The average Bonchev–Trinajstić information content (AvgIpc) is 2.51. The van der Waals surface area contributed by atoms with Gasteiger partial charge in [-0.2, -0.15) is 0 Å². The second kappa shape index (κ2) is 4.45. The van der Waals surface area contributed by atoms with Crippen LogP contribution in [0.5, 0.6) is 5.75 Å².